The minimum absolute atomic E-state index is 0.208. The van der Waals surface area contributed by atoms with E-state index in [1.807, 2.05) is 0 Å². The maximum absolute atomic E-state index is 11.0. The highest BCUT2D eigenvalue weighted by atomic mass is 16.6. The first-order chi connectivity index (χ1) is 5.77. The van der Waals surface area contributed by atoms with E-state index in [1.54, 1.807) is 0 Å². The van der Waals surface area contributed by atoms with Crippen LogP contribution in [0.25, 0.3) is 0 Å². The Kier molecular flexibility index (Phi) is 1.69. The van der Waals surface area contributed by atoms with Crippen molar-refractivity contribution < 1.29 is 14.3 Å². The molecule has 12 heavy (non-hydrogen) atoms. The van der Waals surface area contributed by atoms with Gasteiger partial charge in [0.2, 0.25) is 0 Å². The summed E-state index contributed by atoms with van der Waals surface area (Å²) in [5.74, 6) is -0.415. The zero-order valence-corrected chi connectivity index (χ0v) is 6.53. The maximum Gasteiger partial charge on any atom is 0.253 e. The summed E-state index contributed by atoms with van der Waals surface area (Å²) in [7, 11) is 0. The lowest BCUT2D eigenvalue weighted by Crippen LogP contribution is -2.31. The van der Waals surface area contributed by atoms with Crippen LogP contribution in [0.4, 0.5) is 0 Å². The fourth-order valence-electron chi connectivity index (χ4n) is 1.16. The average molecular weight is 167 g/mol. The van der Waals surface area contributed by atoms with Gasteiger partial charge in [-0.05, 0) is 6.42 Å². The highest BCUT2D eigenvalue weighted by Gasteiger charge is 2.28. The summed E-state index contributed by atoms with van der Waals surface area (Å²) in [6, 6.07) is 0. The predicted octanol–water partition coefficient (Wildman–Crippen LogP) is -0.300. The first-order valence-electron chi connectivity index (χ1n) is 3.92. The molecular formula is C8H9NO3. The second kappa shape index (κ2) is 2.71. The molecule has 0 bridgehead atoms. The monoisotopic (exact) mass is 167 g/mol. The van der Waals surface area contributed by atoms with Crippen LogP contribution < -0.4 is 0 Å². The molecule has 0 aliphatic carbocycles. The first kappa shape index (κ1) is 7.49. The van der Waals surface area contributed by atoms with Gasteiger partial charge in [0.1, 0.15) is 0 Å². The summed E-state index contributed by atoms with van der Waals surface area (Å²) in [6.45, 7) is 1.25. The van der Waals surface area contributed by atoms with E-state index in [0.717, 1.165) is 13.0 Å². The Hall–Kier alpha value is -1.16. The number of hydrogen-bond donors (Lipinski definition) is 0. The second-order valence-electron chi connectivity index (χ2n) is 2.91. The van der Waals surface area contributed by atoms with Gasteiger partial charge in [-0.2, -0.15) is 0 Å². The SMILES string of the molecule is O=C1C=CC(=O)N1CCC1CO1. The topological polar surface area (TPSA) is 49.9 Å². The van der Waals surface area contributed by atoms with Crippen molar-refractivity contribution in [3.8, 4) is 0 Å². The number of carbonyl (C=O) groups is 2. The Morgan fingerprint density at radius 2 is 2.00 bits per heavy atom. The molecule has 1 unspecified atom stereocenters. The van der Waals surface area contributed by atoms with Gasteiger partial charge in [0, 0.05) is 18.7 Å². The van der Waals surface area contributed by atoms with Crippen molar-refractivity contribution in [1.29, 1.82) is 0 Å². The lowest BCUT2D eigenvalue weighted by Gasteiger charge is -2.11. The highest BCUT2D eigenvalue weighted by Crippen LogP contribution is 2.15. The molecule has 64 valence electrons. The van der Waals surface area contributed by atoms with Crippen molar-refractivity contribution in [3.63, 3.8) is 0 Å². The van der Waals surface area contributed by atoms with E-state index < -0.39 is 0 Å². The number of rotatable bonds is 3. The lowest BCUT2D eigenvalue weighted by atomic mass is 10.3. The van der Waals surface area contributed by atoms with Crippen LogP contribution in [-0.4, -0.2) is 36.0 Å². The molecule has 2 heterocycles. The van der Waals surface area contributed by atoms with Gasteiger partial charge in [-0.3, -0.25) is 14.5 Å². The van der Waals surface area contributed by atoms with Crippen molar-refractivity contribution in [2.75, 3.05) is 13.2 Å². The molecule has 1 fully saturated rings. The van der Waals surface area contributed by atoms with E-state index in [1.165, 1.54) is 17.1 Å². The molecule has 0 radical (unpaired) electrons. The summed E-state index contributed by atoms with van der Waals surface area (Å²) in [5.41, 5.74) is 0. The maximum atomic E-state index is 11.0. The van der Waals surface area contributed by atoms with Crippen LogP contribution in [0.2, 0.25) is 0 Å². The molecule has 1 atom stereocenters. The van der Waals surface area contributed by atoms with Gasteiger partial charge in [0.15, 0.2) is 0 Å². The number of amides is 2. The molecular weight excluding hydrogens is 158 g/mol. The van der Waals surface area contributed by atoms with Gasteiger partial charge in [0.25, 0.3) is 11.8 Å². The van der Waals surface area contributed by atoms with E-state index in [4.69, 9.17) is 4.74 Å². The van der Waals surface area contributed by atoms with Crippen molar-refractivity contribution in [3.05, 3.63) is 12.2 Å². The zero-order valence-electron chi connectivity index (χ0n) is 6.53. The Morgan fingerprint density at radius 1 is 1.42 bits per heavy atom. The Bertz CT molecular complexity index is 237. The van der Waals surface area contributed by atoms with Crippen LogP contribution in [0.5, 0.6) is 0 Å². The summed E-state index contributed by atoms with van der Waals surface area (Å²) >= 11 is 0. The number of nitrogens with zero attached hydrogens (tertiary/aromatic N) is 1. The van der Waals surface area contributed by atoms with Gasteiger partial charge >= 0.3 is 0 Å². The van der Waals surface area contributed by atoms with Crippen LogP contribution in [0.15, 0.2) is 12.2 Å². The molecule has 2 rings (SSSR count). The smallest absolute Gasteiger partial charge is 0.253 e. The Morgan fingerprint density at radius 3 is 2.50 bits per heavy atom. The minimum atomic E-state index is -0.208. The summed E-state index contributed by atoms with van der Waals surface area (Å²) in [5, 5.41) is 0. The predicted molar refractivity (Wildman–Crippen MR) is 40.2 cm³/mol. The van der Waals surface area contributed by atoms with Crippen LogP contribution in [-0.2, 0) is 14.3 Å². The summed E-state index contributed by atoms with van der Waals surface area (Å²) < 4.78 is 4.97. The molecule has 2 amide bonds. The van der Waals surface area contributed by atoms with Gasteiger partial charge in [-0.1, -0.05) is 0 Å². The number of hydrogen-bond acceptors (Lipinski definition) is 3. The minimum Gasteiger partial charge on any atom is -0.373 e. The third-order valence-corrected chi connectivity index (χ3v) is 1.98. The number of epoxide rings is 1. The molecule has 0 spiro atoms. The quantitative estimate of drug-likeness (QED) is 0.428. The number of carbonyl (C=O) groups excluding carboxylic acids is 2. The van der Waals surface area contributed by atoms with E-state index in [-0.39, 0.29) is 17.9 Å². The van der Waals surface area contributed by atoms with Gasteiger partial charge in [-0.25, -0.2) is 0 Å². The first-order valence-corrected chi connectivity index (χ1v) is 3.92. The van der Waals surface area contributed by atoms with Crippen molar-refractivity contribution in [2.45, 2.75) is 12.5 Å². The van der Waals surface area contributed by atoms with Crippen LogP contribution in [0.1, 0.15) is 6.42 Å². The Labute approximate surface area is 69.8 Å². The number of imide groups is 1. The third-order valence-electron chi connectivity index (χ3n) is 1.98. The molecule has 1 saturated heterocycles. The number of ether oxygens (including phenoxy) is 1. The molecule has 0 aromatic carbocycles. The summed E-state index contributed by atoms with van der Waals surface area (Å²) in [6.07, 6.45) is 3.64. The van der Waals surface area contributed by atoms with E-state index in [9.17, 15) is 9.59 Å². The van der Waals surface area contributed by atoms with Crippen molar-refractivity contribution in [1.82, 2.24) is 4.90 Å². The molecule has 2 aliphatic rings. The largest absolute Gasteiger partial charge is 0.373 e. The van der Waals surface area contributed by atoms with E-state index in [0.29, 0.717) is 6.54 Å². The molecule has 0 aromatic rings. The van der Waals surface area contributed by atoms with Gasteiger partial charge in [0.05, 0.1) is 12.7 Å². The van der Waals surface area contributed by atoms with Crippen LogP contribution in [0.3, 0.4) is 0 Å². The molecule has 0 saturated carbocycles. The van der Waals surface area contributed by atoms with Crippen LogP contribution >= 0.6 is 0 Å². The molecule has 0 N–H and O–H groups in total. The molecule has 2 aliphatic heterocycles. The fraction of sp³-hybridized carbons (Fsp3) is 0.500. The van der Waals surface area contributed by atoms with Gasteiger partial charge in [-0.15, -0.1) is 0 Å². The van der Waals surface area contributed by atoms with E-state index in [2.05, 4.69) is 0 Å². The third kappa shape index (κ3) is 1.38. The zero-order chi connectivity index (χ0) is 8.55. The lowest BCUT2D eigenvalue weighted by molar-refractivity contribution is -0.136. The molecule has 4 nitrogen and oxygen atoms in total. The van der Waals surface area contributed by atoms with Crippen LogP contribution in [0, 0.1) is 0 Å². The average Bonchev–Trinajstić information content (AvgIpc) is 2.80. The molecule has 0 aromatic heterocycles. The highest BCUT2D eigenvalue weighted by molar-refractivity contribution is 6.12. The Balaban J connectivity index is 1.85. The second-order valence-corrected chi connectivity index (χ2v) is 2.91. The normalized spacial score (nSPS) is 27.0. The fourth-order valence-corrected chi connectivity index (χ4v) is 1.16. The summed E-state index contributed by atoms with van der Waals surface area (Å²) in [4.78, 5) is 23.2. The van der Waals surface area contributed by atoms with Crippen molar-refractivity contribution in [2.24, 2.45) is 0 Å². The van der Waals surface area contributed by atoms with E-state index >= 15 is 0 Å². The van der Waals surface area contributed by atoms with Crippen molar-refractivity contribution >= 4 is 11.8 Å². The standard InChI is InChI=1S/C8H9NO3/c10-7-1-2-8(11)9(7)4-3-6-5-12-6/h1-2,6H,3-5H2. The molecule has 4 heteroatoms. The van der Waals surface area contributed by atoms with Gasteiger partial charge < -0.3 is 4.74 Å².